The first kappa shape index (κ1) is 11.4. The third kappa shape index (κ3) is 3.16. The Hall–Kier alpha value is -1.71. The lowest BCUT2D eigenvalue weighted by molar-refractivity contribution is 0.354. The van der Waals surface area contributed by atoms with Gasteiger partial charge in [0.25, 0.3) is 0 Å². The summed E-state index contributed by atoms with van der Waals surface area (Å²) >= 11 is 0. The van der Waals surface area contributed by atoms with Crippen LogP contribution in [0.4, 0.5) is 0 Å². The molecule has 0 fully saturated rings. The van der Waals surface area contributed by atoms with Crippen LogP contribution >= 0.6 is 0 Å². The monoisotopic (exact) mass is 208 g/mol. The molecule has 0 atom stereocenters. The van der Waals surface area contributed by atoms with Gasteiger partial charge in [0.1, 0.15) is 0 Å². The van der Waals surface area contributed by atoms with Crippen LogP contribution < -0.4 is 14.8 Å². The Morgan fingerprint density at radius 3 is 2.60 bits per heavy atom. The highest BCUT2D eigenvalue weighted by molar-refractivity contribution is 5.47. The molecule has 0 saturated heterocycles. The molecule has 0 bridgehead atoms. The first-order valence-corrected chi connectivity index (χ1v) is 4.62. The van der Waals surface area contributed by atoms with Crippen molar-refractivity contribution in [2.75, 3.05) is 20.8 Å². The molecule has 1 radical (unpaired) electrons. The Kier molecular flexibility index (Phi) is 4.47. The second-order valence-corrected chi connectivity index (χ2v) is 2.97. The highest BCUT2D eigenvalue weighted by Crippen LogP contribution is 2.27. The van der Waals surface area contributed by atoms with E-state index < -0.39 is 0 Å². The summed E-state index contributed by atoms with van der Waals surface area (Å²) in [6, 6.07) is 5.68. The molecule has 1 aromatic rings. The van der Waals surface area contributed by atoms with E-state index in [1.54, 1.807) is 20.6 Å². The fourth-order valence-electron chi connectivity index (χ4n) is 1.29. The van der Waals surface area contributed by atoms with Crippen LogP contribution in [0.2, 0.25) is 0 Å². The summed E-state index contributed by atoms with van der Waals surface area (Å²) in [5.41, 5.74) is 1.08. The molecule has 81 valence electrons. The van der Waals surface area contributed by atoms with Crippen molar-refractivity contribution in [3.63, 3.8) is 0 Å². The van der Waals surface area contributed by atoms with Crippen LogP contribution in [0.15, 0.2) is 18.2 Å². The van der Waals surface area contributed by atoms with Gasteiger partial charge >= 0.3 is 6.41 Å². The molecule has 0 spiro atoms. The van der Waals surface area contributed by atoms with Gasteiger partial charge in [-0.2, -0.15) is 0 Å². The predicted molar refractivity (Wildman–Crippen MR) is 56.9 cm³/mol. The van der Waals surface area contributed by atoms with Crippen LogP contribution in [0.25, 0.3) is 0 Å². The van der Waals surface area contributed by atoms with Crippen molar-refractivity contribution >= 4 is 6.41 Å². The van der Waals surface area contributed by atoms with E-state index in [4.69, 9.17) is 9.47 Å². The molecule has 1 aromatic carbocycles. The molecule has 0 aromatic heterocycles. The van der Waals surface area contributed by atoms with Crippen molar-refractivity contribution in [2.24, 2.45) is 0 Å². The van der Waals surface area contributed by atoms with Crippen molar-refractivity contribution in [3.05, 3.63) is 23.8 Å². The second-order valence-electron chi connectivity index (χ2n) is 2.97. The minimum atomic E-state index is 0.568. The Balaban J connectivity index is 2.69. The van der Waals surface area contributed by atoms with Gasteiger partial charge in [0.15, 0.2) is 11.5 Å². The van der Waals surface area contributed by atoms with Crippen molar-refractivity contribution < 1.29 is 14.3 Å². The largest absolute Gasteiger partial charge is 0.493 e. The van der Waals surface area contributed by atoms with Crippen molar-refractivity contribution in [2.45, 2.75) is 6.42 Å². The number of carbonyl (C=O) groups excluding carboxylic acids is 1. The van der Waals surface area contributed by atoms with Gasteiger partial charge in [0.05, 0.1) is 14.2 Å². The van der Waals surface area contributed by atoms with Crippen LogP contribution in [-0.2, 0) is 11.2 Å². The Bertz CT molecular complexity index is 326. The van der Waals surface area contributed by atoms with E-state index in [0.29, 0.717) is 18.0 Å². The molecular formula is C11H14NO3. The smallest absolute Gasteiger partial charge is 0.309 e. The van der Waals surface area contributed by atoms with E-state index >= 15 is 0 Å². The fourth-order valence-corrected chi connectivity index (χ4v) is 1.29. The second kappa shape index (κ2) is 5.90. The van der Waals surface area contributed by atoms with Gasteiger partial charge in [0.2, 0.25) is 0 Å². The lowest BCUT2D eigenvalue weighted by atomic mass is 10.1. The zero-order valence-corrected chi connectivity index (χ0v) is 8.87. The minimum absolute atomic E-state index is 0.568. The van der Waals surface area contributed by atoms with Crippen LogP contribution in [0.1, 0.15) is 5.56 Å². The average molecular weight is 208 g/mol. The molecule has 0 unspecified atom stereocenters. The maximum Gasteiger partial charge on any atom is 0.309 e. The molecule has 15 heavy (non-hydrogen) atoms. The predicted octanol–water partition coefficient (Wildman–Crippen LogP) is 0.903. The van der Waals surface area contributed by atoms with Gasteiger partial charge in [-0.05, 0) is 24.1 Å². The third-order valence-corrected chi connectivity index (χ3v) is 2.06. The topological polar surface area (TPSA) is 47.6 Å². The molecule has 0 heterocycles. The molecular weight excluding hydrogens is 194 g/mol. The molecule has 0 aliphatic rings. The number of methoxy groups -OCH3 is 2. The molecule has 0 aliphatic carbocycles. The molecule has 4 nitrogen and oxygen atoms in total. The van der Waals surface area contributed by atoms with Gasteiger partial charge in [-0.15, -0.1) is 0 Å². The average Bonchev–Trinajstić information content (AvgIpc) is 2.29. The van der Waals surface area contributed by atoms with Gasteiger partial charge in [-0.1, -0.05) is 6.07 Å². The fraction of sp³-hybridized carbons (Fsp3) is 0.364. The summed E-state index contributed by atoms with van der Waals surface area (Å²) in [5, 5.41) is 2.49. The zero-order chi connectivity index (χ0) is 11.1. The minimum Gasteiger partial charge on any atom is -0.493 e. The van der Waals surface area contributed by atoms with Crippen molar-refractivity contribution in [1.29, 1.82) is 0 Å². The zero-order valence-electron chi connectivity index (χ0n) is 8.87. The summed E-state index contributed by atoms with van der Waals surface area (Å²) in [6.45, 7) is 0.568. The Morgan fingerprint density at radius 2 is 2.00 bits per heavy atom. The van der Waals surface area contributed by atoms with Crippen LogP contribution in [0.5, 0.6) is 11.5 Å². The normalized spacial score (nSPS) is 9.47. The number of benzene rings is 1. The SMILES string of the molecule is COc1ccc(CCN[C]=O)cc1OC. The standard InChI is InChI=1S/C11H14NO3/c1-14-10-4-3-9(5-6-12-8-13)7-11(10)15-2/h3-4,7H,5-6H2,1-2H3,(H,12,13). The number of rotatable bonds is 6. The lowest BCUT2D eigenvalue weighted by Gasteiger charge is -2.09. The van der Waals surface area contributed by atoms with E-state index in [2.05, 4.69) is 5.32 Å². The number of hydrogen-bond donors (Lipinski definition) is 1. The van der Waals surface area contributed by atoms with Gasteiger partial charge in [-0.3, -0.25) is 4.79 Å². The Labute approximate surface area is 89.2 Å². The van der Waals surface area contributed by atoms with E-state index in [1.165, 1.54) is 0 Å². The first-order valence-electron chi connectivity index (χ1n) is 4.62. The molecule has 0 saturated carbocycles. The number of amides is 1. The third-order valence-electron chi connectivity index (χ3n) is 2.06. The summed E-state index contributed by atoms with van der Waals surface area (Å²) < 4.78 is 10.3. The highest BCUT2D eigenvalue weighted by Gasteiger charge is 2.03. The van der Waals surface area contributed by atoms with E-state index in [-0.39, 0.29) is 0 Å². The number of hydrogen-bond acceptors (Lipinski definition) is 3. The summed E-state index contributed by atoms with van der Waals surface area (Å²) in [5.74, 6) is 1.40. The molecule has 0 aliphatic heterocycles. The lowest BCUT2D eigenvalue weighted by Crippen LogP contribution is -2.14. The highest BCUT2D eigenvalue weighted by atomic mass is 16.5. The number of nitrogens with one attached hydrogen (secondary N) is 1. The molecule has 1 N–H and O–H groups in total. The maximum atomic E-state index is 9.94. The first-order chi connectivity index (χ1) is 7.31. The van der Waals surface area contributed by atoms with Gasteiger partial charge in [-0.25, -0.2) is 0 Å². The molecule has 1 amide bonds. The van der Waals surface area contributed by atoms with E-state index in [9.17, 15) is 4.79 Å². The Morgan fingerprint density at radius 1 is 1.27 bits per heavy atom. The van der Waals surface area contributed by atoms with E-state index in [0.717, 1.165) is 12.0 Å². The molecule has 4 heteroatoms. The summed E-state index contributed by atoms with van der Waals surface area (Å²) in [6.07, 6.45) is 2.38. The molecule has 1 rings (SSSR count). The number of ether oxygens (including phenoxy) is 2. The summed E-state index contributed by atoms with van der Waals surface area (Å²) in [4.78, 5) is 9.94. The van der Waals surface area contributed by atoms with Gasteiger partial charge in [0, 0.05) is 6.54 Å². The van der Waals surface area contributed by atoms with Crippen molar-refractivity contribution in [3.8, 4) is 11.5 Å². The van der Waals surface area contributed by atoms with Crippen LogP contribution in [0.3, 0.4) is 0 Å². The van der Waals surface area contributed by atoms with E-state index in [1.807, 2.05) is 18.2 Å². The van der Waals surface area contributed by atoms with Crippen LogP contribution in [-0.4, -0.2) is 27.2 Å². The quantitative estimate of drug-likeness (QED) is 0.558. The van der Waals surface area contributed by atoms with Crippen molar-refractivity contribution in [1.82, 2.24) is 5.32 Å². The van der Waals surface area contributed by atoms with Crippen LogP contribution in [0, 0.1) is 0 Å². The van der Waals surface area contributed by atoms with Gasteiger partial charge < -0.3 is 14.8 Å². The maximum absolute atomic E-state index is 9.94. The summed E-state index contributed by atoms with van der Waals surface area (Å²) in [7, 11) is 3.19.